The number of aliphatic hydroxyl groups excluding tert-OH is 1. The Balaban J connectivity index is 3.27. The number of aliphatic hydroxyl groups is 1. The Morgan fingerprint density at radius 3 is 2.64 bits per heavy atom. The number of pyridine rings is 1. The molecule has 0 spiro atoms. The first-order chi connectivity index (χ1) is 6.61. The monoisotopic (exact) mass is 285 g/mol. The van der Waals surface area contributed by atoms with Gasteiger partial charge in [0, 0.05) is 22.1 Å². The van der Waals surface area contributed by atoms with E-state index in [4.69, 9.17) is 16.7 Å². The molecule has 0 aliphatic heterocycles. The zero-order valence-corrected chi connectivity index (χ0v) is 9.32. The van der Waals surface area contributed by atoms with Gasteiger partial charge < -0.3 is 5.11 Å². The largest absolute Gasteiger partial charge is 0.392 e. The van der Waals surface area contributed by atoms with Gasteiger partial charge in [0.25, 0.3) is 6.43 Å². The van der Waals surface area contributed by atoms with Crippen molar-refractivity contribution < 1.29 is 13.9 Å². The standard InChI is InChI=1S/C8H7BrClF2NO/c9-6-5(1-10)4(3-14)2-13-7(6)8(11)12/h2,8,14H,1,3H2. The Hall–Kier alpha value is -0.260. The molecule has 1 heterocycles. The van der Waals surface area contributed by atoms with E-state index in [0.29, 0.717) is 11.1 Å². The van der Waals surface area contributed by atoms with Gasteiger partial charge in [-0.25, -0.2) is 8.78 Å². The van der Waals surface area contributed by atoms with E-state index in [-0.39, 0.29) is 22.7 Å². The lowest BCUT2D eigenvalue weighted by Crippen LogP contribution is -2.01. The van der Waals surface area contributed by atoms with E-state index in [1.165, 1.54) is 6.20 Å². The van der Waals surface area contributed by atoms with Crippen molar-refractivity contribution >= 4 is 27.5 Å². The van der Waals surface area contributed by atoms with E-state index < -0.39 is 6.43 Å². The highest BCUT2D eigenvalue weighted by molar-refractivity contribution is 9.10. The van der Waals surface area contributed by atoms with E-state index in [0.717, 1.165) is 0 Å². The van der Waals surface area contributed by atoms with E-state index in [1.807, 2.05) is 0 Å². The molecule has 2 nitrogen and oxygen atoms in total. The quantitative estimate of drug-likeness (QED) is 0.867. The number of hydrogen-bond donors (Lipinski definition) is 1. The zero-order valence-electron chi connectivity index (χ0n) is 6.98. The molecule has 0 amide bonds. The third kappa shape index (κ3) is 2.21. The lowest BCUT2D eigenvalue weighted by molar-refractivity contribution is 0.145. The molecule has 6 heteroatoms. The highest BCUT2D eigenvalue weighted by Gasteiger charge is 2.18. The molecule has 0 saturated carbocycles. The molecule has 1 N–H and O–H groups in total. The summed E-state index contributed by atoms with van der Waals surface area (Å²) in [7, 11) is 0. The van der Waals surface area contributed by atoms with Gasteiger partial charge in [-0.2, -0.15) is 0 Å². The Labute approximate surface area is 93.0 Å². The molecule has 1 aromatic rings. The van der Waals surface area contributed by atoms with Gasteiger partial charge in [0.1, 0.15) is 5.69 Å². The average Bonchev–Trinajstić information content (AvgIpc) is 2.16. The summed E-state index contributed by atoms with van der Waals surface area (Å²) in [5.74, 6) is 0.0543. The van der Waals surface area contributed by atoms with Gasteiger partial charge in [-0.3, -0.25) is 4.98 Å². The van der Waals surface area contributed by atoms with E-state index in [2.05, 4.69) is 20.9 Å². The van der Waals surface area contributed by atoms with Gasteiger partial charge in [-0.15, -0.1) is 11.6 Å². The minimum atomic E-state index is -2.65. The fourth-order valence-electron chi connectivity index (χ4n) is 1.01. The first-order valence-electron chi connectivity index (χ1n) is 3.73. The van der Waals surface area contributed by atoms with Crippen LogP contribution in [0.5, 0.6) is 0 Å². The average molecular weight is 287 g/mol. The van der Waals surface area contributed by atoms with E-state index in [9.17, 15) is 8.78 Å². The summed E-state index contributed by atoms with van der Waals surface area (Å²) in [6.07, 6.45) is -1.44. The van der Waals surface area contributed by atoms with Crippen molar-refractivity contribution in [2.24, 2.45) is 0 Å². The molecule has 0 unspecified atom stereocenters. The topological polar surface area (TPSA) is 33.1 Å². The number of hydrogen-bond acceptors (Lipinski definition) is 2. The summed E-state index contributed by atoms with van der Waals surface area (Å²) >= 11 is 8.57. The Kier molecular flexibility index (Phi) is 4.22. The maximum absolute atomic E-state index is 12.4. The molecule has 0 aliphatic carbocycles. The normalized spacial score (nSPS) is 11.0. The molecule has 14 heavy (non-hydrogen) atoms. The van der Waals surface area contributed by atoms with Crippen molar-refractivity contribution in [1.82, 2.24) is 4.98 Å². The minimum Gasteiger partial charge on any atom is -0.392 e. The second kappa shape index (κ2) is 5.00. The van der Waals surface area contributed by atoms with Crippen LogP contribution in [-0.4, -0.2) is 10.1 Å². The summed E-state index contributed by atoms with van der Waals surface area (Å²) in [5.41, 5.74) is 0.564. The lowest BCUT2D eigenvalue weighted by Gasteiger charge is -2.10. The smallest absolute Gasteiger partial charge is 0.281 e. The molecule has 0 aliphatic rings. The molecular formula is C8H7BrClF2NO. The Morgan fingerprint density at radius 1 is 1.57 bits per heavy atom. The molecule has 1 aromatic heterocycles. The molecule has 0 bridgehead atoms. The third-order valence-electron chi connectivity index (χ3n) is 1.75. The predicted octanol–water partition coefficient (Wildman–Crippen LogP) is 3.01. The third-order valence-corrected chi connectivity index (χ3v) is 2.90. The van der Waals surface area contributed by atoms with Crippen LogP contribution in [-0.2, 0) is 12.5 Å². The summed E-state index contributed by atoms with van der Waals surface area (Å²) in [5, 5.41) is 8.90. The molecule has 0 atom stereocenters. The van der Waals surface area contributed by atoms with Gasteiger partial charge >= 0.3 is 0 Å². The highest BCUT2D eigenvalue weighted by Crippen LogP contribution is 2.31. The second-order valence-corrected chi connectivity index (χ2v) is 3.61. The second-order valence-electron chi connectivity index (χ2n) is 2.55. The van der Waals surface area contributed by atoms with Gasteiger partial charge in [0.2, 0.25) is 0 Å². The first kappa shape index (κ1) is 11.8. The SMILES string of the molecule is OCc1cnc(C(F)F)c(Br)c1CCl. The first-order valence-corrected chi connectivity index (χ1v) is 5.05. The van der Waals surface area contributed by atoms with Crippen LogP contribution in [0.25, 0.3) is 0 Å². The van der Waals surface area contributed by atoms with Gasteiger partial charge in [0.15, 0.2) is 0 Å². The van der Waals surface area contributed by atoms with Gasteiger partial charge in [0.05, 0.1) is 6.61 Å². The molecule has 0 saturated heterocycles. The van der Waals surface area contributed by atoms with Crippen molar-refractivity contribution in [2.75, 3.05) is 0 Å². The molecular weight excluding hydrogens is 279 g/mol. The minimum absolute atomic E-state index is 0.0543. The number of alkyl halides is 3. The predicted molar refractivity (Wildman–Crippen MR) is 52.4 cm³/mol. The van der Waals surface area contributed by atoms with E-state index >= 15 is 0 Å². The lowest BCUT2D eigenvalue weighted by atomic mass is 10.1. The van der Waals surface area contributed by atoms with Crippen molar-refractivity contribution in [2.45, 2.75) is 18.9 Å². The molecule has 1 rings (SSSR count). The summed E-state index contributed by atoms with van der Waals surface area (Å²) in [4.78, 5) is 3.54. The summed E-state index contributed by atoms with van der Waals surface area (Å²) in [6.45, 7) is -0.267. The van der Waals surface area contributed by atoms with Crippen LogP contribution in [0, 0.1) is 0 Å². The van der Waals surface area contributed by atoms with E-state index in [1.54, 1.807) is 0 Å². The fourth-order valence-corrected chi connectivity index (χ4v) is 2.15. The summed E-state index contributed by atoms with van der Waals surface area (Å²) < 4.78 is 24.9. The summed E-state index contributed by atoms with van der Waals surface area (Å²) in [6, 6.07) is 0. The van der Waals surface area contributed by atoms with Crippen molar-refractivity contribution in [1.29, 1.82) is 0 Å². The van der Waals surface area contributed by atoms with Crippen LogP contribution in [0.15, 0.2) is 10.7 Å². The molecule has 78 valence electrons. The van der Waals surface area contributed by atoms with Crippen LogP contribution >= 0.6 is 27.5 Å². The molecule has 0 aromatic carbocycles. The molecule has 0 radical (unpaired) electrons. The highest BCUT2D eigenvalue weighted by atomic mass is 79.9. The zero-order chi connectivity index (χ0) is 10.7. The Bertz CT molecular complexity index is 335. The maximum atomic E-state index is 12.4. The number of aromatic nitrogens is 1. The van der Waals surface area contributed by atoms with Crippen LogP contribution in [0.2, 0.25) is 0 Å². The number of rotatable bonds is 3. The van der Waals surface area contributed by atoms with Crippen molar-refractivity contribution in [3.63, 3.8) is 0 Å². The van der Waals surface area contributed by atoms with Crippen molar-refractivity contribution in [3.8, 4) is 0 Å². The molecule has 0 fully saturated rings. The van der Waals surface area contributed by atoms with Crippen molar-refractivity contribution in [3.05, 3.63) is 27.5 Å². The van der Waals surface area contributed by atoms with Crippen LogP contribution < -0.4 is 0 Å². The number of nitrogens with zero attached hydrogens (tertiary/aromatic N) is 1. The van der Waals surface area contributed by atoms with Gasteiger partial charge in [-0.1, -0.05) is 0 Å². The maximum Gasteiger partial charge on any atom is 0.281 e. The van der Waals surface area contributed by atoms with Crippen LogP contribution in [0.1, 0.15) is 23.2 Å². The Morgan fingerprint density at radius 2 is 2.21 bits per heavy atom. The van der Waals surface area contributed by atoms with Gasteiger partial charge in [-0.05, 0) is 21.5 Å². The number of halogens is 4. The van der Waals surface area contributed by atoms with Crippen LogP contribution in [0.4, 0.5) is 8.78 Å². The van der Waals surface area contributed by atoms with Crippen LogP contribution in [0.3, 0.4) is 0 Å². The fraction of sp³-hybridized carbons (Fsp3) is 0.375.